The van der Waals surface area contributed by atoms with E-state index in [1.807, 2.05) is 6.92 Å². The number of guanidine groups is 1. The molecular weight excluding hydrogens is 360 g/mol. The second kappa shape index (κ2) is 9.44. The number of phenols is 1. The number of terminal acetylenes is 1. The number of aromatic hydroxyl groups is 1. The monoisotopic (exact) mass is 377 g/mol. The number of benzene rings is 1. The Bertz CT molecular complexity index is 471. The number of aliphatic imine (C=N–C) groups is 1. The lowest BCUT2D eigenvalue weighted by molar-refractivity contribution is 0.432. The normalized spacial score (nSPS) is 10.3. The van der Waals surface area contributed by atoms with Gasteiger partial charge in [0.15, 0.2) is 17.5 Å². The average Bonchev–Trinajstić information content (AvgIpc) is 2.37. The molecule has 104 valence electrons. The fourth-order valence-corrected chi connectivity index (χ4v) is 1.30. The summed E-state index contributed by atoms with van der Waals surface area (Å²) in [7, 11) is 0. The highest BCUT2D eigenvalue weighted by molar-refractivity contribution is 14.0. The number of hydrogen-bond acceptors (Lipinski definition) is 2. The van der Waals surface area contributed by atoms with Crippen molar-refractivity contribution in [3.05, 3.63) is 29.6 Å². The number of nitrogens with one attached hydrogen (secondary N) is 2. The van der Waals surface area contributed by atoms with Gasteiger partial charge < -0.3 is 15.7 Å². The quantitative estimate of drug-likeness (QED) is 0.325. The molecule has 1 rings (SSSR count). The Hall–Kier alpha value is -1.49. The molecule has 0 unspecified atom stereocenters. The van der Waals surface area contributed by atoms with Gasteiger partial charge in [-0.3, -0.25) is 0 Å². The SMILES string of the molecule is C#CCNC(=NCc1ccc(O)c(F)c1)NCC.I. The summed E-state index contributed by atoms with van der Waals surface area (Å²) in [5, 5.41) is 15.0. The zero-order valence-electron chi connectivity index (χ0n) is 10.6. The van der Waals surface area contributed by atoms with Crippen molar-refractivity contribution < 1.29 is 9.50 Å². The van der Waals surface area contributed by atoms with Gasteiger partial charge in [-0.1, -0.05) is 12.0 Å². The van der Waals surface area contributed by atoms with E-state index in [4.69, 9.17) is 11.5 Å². The van der Waals surface area contributed by atoms with Crippen molar-refractivity contribution in [2.75, 3.05) is 13.1 Å². The third-order valence-electron chi connectivity index (χ3n) is 2.13. The van der Waals surface area contributed by atoms with Gasteiger partial charge in [-0.2, -0.15) is 0 Å². The molecule has 0 saturated carbocycles. The number of rotatable bonds is 4. The molecule has 3 N–H and O–H groups in total. The minimum atomic E-state index is -0.649. The van der Waals surface area contributed by atoms with Crippen LogP contribution in [-0.2, 0) is 6.54 Å². The molecule has 0 aliphatic rings. The van der Waals surface area contributed by atoms with Crippen LogP contribution in [0.3, 0.4) is 0 Å². The predicted octanol–water partition coefficient (Wildman–Crippen LogP) is 1.84. The van der Waals surface area contributed by atoms with Gasteiger partial charge in [-0.15, -0.1) is 30.4 Å². The molecule has 0 fully saturated rings. The van der Waals surface area contributed by atoms with Crippen LogP contribution in [0.15, 0.2) is 23.2 Å². The minimum Gasteiger partial charge on any atom is -0.505 e. The first kappa shape index (κ1) is 17.5. The highest BCUT2D eigenvalue weighted by atomic mass is 127. The van der Waals surface area contributed by atoms with Crippen molar-refractivity contribution >= 4 is 29.9 Å². The first-order chi connectivity index (χ1) is 8.67. The lowest BCUT2D eigenvalue weighted by atomic mass is 10.2. The first-order valence-electron chi connectivity index (χ1n) is 5.60. The maximum atomic E-state index is 13.1. The van der Waals surface area contributed by atoms with Crippen LogP contribution in [0.4, 0.5) is 4.39 Å². The molecule has 0 spiro atoms. The Kier molecular flexibility index (Phi) is 8.70. The highest BCUT2D eigenvalue weighted by Crippen LogP contribution is 2.16. The maximum Gasteiger partial charge on any atom is 0.192 e. The van der Waals surface area contributed by atoms with Crippen LogP contribution >= 0.6 is 24.0 Å². The van der Waals surface area contributed by atoms with Crippen LogP contribution in [0.1, 0.15) is 12.5 Å². The van der Waals surface area contributed by atoms with Crippen LogP contribution in [-0.4, -0.2) is 24.2 Å². The zero-order valence-corrected chi connectivity index (χ0v) is 12.9. The van der Waals surface area contributed by atoms with Crippen LogP contribution in [0.25, 0.3) is 0 Å². The van der Waals surface area contributed by atoms with Gasteiger partial charge in [0.25, 0.3) is 0 Å². The molecule has 0 aliphatic carbocycles. The van der Waals surface area contributed by atoms with Crippen LogP contribution in [0.5, 0.6) is 5.75 Å². The zero-order chi connectivity index (χ0) is 13.4. The Morgan fingerprint density at radius 1 is 1.47 bits per heavy atom. The standard InChI is InChI=1S/C13H16FN3O.HI/c1-3-7-16-13(15-4-2)17-9-10-5-6-12(18)11(14)8-10;/h1,5-6,8,18H,4,7,9H2,2H3,(H2,15,16,17);1H. The Morgan fingerprint density at radius 2 is 2.21 bits per heavy atom. The third kappa shape index (κ3) is 6.29. The van der Waals surface area contributed by atoms with Crippen molar-refractivity contribution in [3.63, 3.8) is 0 Å². The fourth-order valence-electron chi connectivity index (χ4n) is 1.30. The summed E-state index contributed by atoms with van der Waals surface area (Å²) in [5.41, 5.74) is 0.670. The van der Waals surface area contributed by atoms with E-state index in [1.165, 1.54) is 12.1 Å². The summed E-state index contributed by atoms with van der Waals surface area (Å²) in [6.45, 7) is 3.32. The van der Waals surface area contributed by atoms with Gasteiger partial charge in [-0.25, -0.2) is 9.38 Å². The van der Waals surface area contributed by atoms with Crippen LogP contribution < -0.4 is 10.6 Å². The first-order valence-corrected chi connectivity index (χ1v) is 5.60. The third-order valence-corrected chi connectivity index (χ3v) is 2.13. The largest absolute Gasteiger partial charge is 0.505 e. The van der Waals surface area contributed by atoms with Gasteiger partial charge in [0.05, 0.1) is 13.1 Å². The fraction of sp³-hybridized carbons (Fsp3) is 0.308. The molecule has 6 heteroatoms. The molecule has 0 heterocycles. The molecule has 0 bridgehead atoms. The van der Waals surface area contributed by atoms with E-state index in [2.05, 4.69) is 21.5 Å². The molecule has 0 saturated heterocycles. The molecule has 19 heavy (non-hydrogen) atoms. The summed E-state index contributed by atoms with van der Waals surface area (Å²) in [6.07, 6.45) is 5.14. The van der Waals surface area contributed by atoms with E-state index in [0.29, 0.717) is 31.2 Å². The molecule has 4 nitrogen and oxygen atoms in total. The summed E-state index contributed by atoms with van der Waals surface area (Å²) in [6, 6.07) is 4.18. The van der Waals surface area contributed by atoms with E-state index in [1.54, 1.807) is 6.07 Å². The number of phenolic OH excluding ortho intramolecular Hbond substituents is 1. The summed E-state index contributed by atoms with van der Waals surface area (Å²) in [5.74, 6) is 2.01. The van der Waals surface area contributed by atoms with Gasteiger partial charge in [0.1, 0.15) is 0 Å². The molecule has 1 aromatic carbocycles. The molecule has 0 radical (unpaired) electrons. The number of nitrogens with zero attached hydrogens (tertiary/aromatic N) is 1. The lowest BCUT2D eigenvalue weighted by Gasteiger charge is -2.08. The van der Waals surface area contributed by atoms with E-state index >= 15 is 0 Å². The predicted molar refractivity (Wildman–Crippen MR) is 85.1 cm³/mol. The Labute approximate surface area is 129 Å². The molecule has 0 amide bonds. The summed E-state index contributed by atoms with van der Waals surface area (Å²) < 4.78 is 13.1. The lowest BCUT2D eigenvalue weighted by Crippen LogP contribution is -2.37. The van der Waals surface area contributed by atoms with Gasteiger partial charge >= 0.3 is 0 Å². The van der Waals surface area contributed by atoms with Crippen molar-refractivity contribution in [1.82, 2.24) is 10.6 Å². The van der Waals surface area contributed by atoms with Crippen molar-refractivity contribution in [2.24, 2.45) is 4.99 Å². The van der Waals surface area contributed by atoms with Crippen LogP contribution in [0, 0.1) is 18.2 Å². The molecule has 0 aromatic heterocycles. The summed E-state index contributed by atoms with van der Waals surface area (Å²) in [4.78, 5) is 4.24. The average molecular weight is 377 g/mol. The maximum absolute atomic E-state index is 13.1. The van der Waals surface area contributed by atoms with E-state index < -0.39 is 5.82 Å². The Balaban J connectivity index is 0.00000324. The molecular formula is C13H17FIN3O. The number of hydrogen-bond donors (Lipinski definition) is 3. The van der Waals surface area contributed by atoms with Crippen LogP contribution in [0.2, 0.25) is 0 Å². The highest BCUT2D eigenvalue weighted by Gasteiger charge is 2.01. The van der Waals surface area contributed by atoms with E-state index in [9.17, 15) is 4.39 Å². The van der Waals surface area contributed by atoms with Gasteiger partial charge in [0, 0.05) is 6.54 Å². The van der Waals surface area contributed by atoms with E-state index in [0.717, 1.165) is 0 Å². The second-order valence-electron chi connectivity index (χ2n) is 3.54. The smallest absolute Gasteiger partial charge is 0.192 e. The molecule has 1 aromatic rings. The second-order valence-corrected chi connectivity index (χ2v) is 3.54. The van der Waals surface area contributed by atoms with Gasteiger partial charge in [-0.05, 0) is 24.6 Å². The van der Waals surface area contributed by atoms with Crippen molar-refractivity contribution in [3.8, 4) is 18.1 Å². The Morgan fingerprint density at radius 3 is 2.79 bits per heavy atom. The van der Waals surface area contributed by atoms with Gasteiger partial charge in [0.2, 0.25) is 0 Å². The minimum absolute atomic E-state index is 0. The van der Waals surface area contributed by atoms with E-state index in [-0.39, 0.29) is 29.7 Å². The summed E-state index contributed by atoms with van der Waals surface area (Å²) >= 11 is 0. The van der Waals surface area contributed by atoms with Crippen molar-refractivity contribution in [2.45, 2.75) is 13.5 Å². The molecule has 0 aliphatic heterocycles. The number of halogens is 2. The molecule has 0 atom stereocenters. The van der Waals surface area contributed by atoms with Crippen molar-refractivity contribution in [1.29, 1.82) is 0 Å². The topological polar surface area (TPSA) is 56.7 Å².